The predicted octanol–water partition coefficient (Wildman–Crippen LogP) is 1.29. The van der Waals surface area contributed by atoms with Crippen molar-refractivity contribution in [2.75, 3.05) is 19.7 Å². The van der Waals surface area contributed by atoms with E-state index in [9.17, 15) is 4.79 Å². The van der Waals surface area contributed by atoms with Gasteiger partial charge in [0, 0.05) is 19.1 Å². The van der Waals surface area contributed by atoms with Gasteiger partial charge in [0.25, 0.3) is 0 Å². The molecule has 4 heteroatoms. The monoisotopic (exact) mass is 256 g/mol. The first-order chi connectivity index (χ1) is 8.45. The van der Waals surface area contributed by atoms with Gasteiger partial charge in [0.15, 0.2) is 0 Å². The third kappa shape index (κ3) is 4.94. The van der Waals surface area contributed by atoms with Crippen LogP contribution in [0.2, 0.25) is 0 Å². The SMILES string of the molecule is CC1CCC(NC(=O)C(C)(C)CNCCO)CC1. The Bertz CT molecular complexity index is 259. The van der Waals surface area contributed by atoms with Crippen LogP contribution in [0.5, 0.6) is 0 Å². The lowest BCUT2D eigenvalue weighted by atomic mass is 9.86. The summed E-state index contributed by atoms with van der Waals surface area (Å²) in [7, 11) is 0. The third-order valence-corrected chi connectivity index (χ3v) is 3.82. The van der Waals surface area contributed by atoms with Gasteiger partial charge in [0.05, 0.1) is 12.0 Å². The van der Waals surface area contributed by atoms with E-state index in [1.165, 1.54) is 12.8 Å². The van der Waals surface area contributed by atoms with Gasteiger partial charge in [-0.25, -0.2) is 0 Å². The minimum absolute atomic E-state index is 0.109. The van der Waals surface area contributed by atoms with Crippen LogP contribution in [0.15, 0.2) is 0 Å². The lowest BCUT2D eigenvalue weighted by Gasteiger charge is -2.31. The lowest BCUT2D eigenvalue weighted by Crippen LogP contribution is -2.48. The number of hydrogen-bond donors (Lipinski definition) is 3. The molecule has 1 aliphatic carbocycles. The van der Waals surface area contributed by atoms with Crippen LogP contribution in [-0.2, 0) is 4.79 Å². The molecular weight excluding hydrogens is 228 g/mol. The fraction of sp³-hybridized carbons (Fsp3) is 0.929. The number of hydrogen-bond acceptors (Lipinski definition) is 3. The second kappa shape index (κ2) is 7.10. The van der Waals surface area contributed by atoms with Gasteiger partial charge in [-0.1, -0.05) is 6.92 Å². The number of aliphatic hydroxyl groups is 1. The summed E-state index contributed by atoms with van der Waals surface area (Å²) < 4.78 is 0. The zero-order chi connectivity index (χ0) is 13.6. The molecule has 0 aromatic rings. The quantitative estimate of drug-likeness (QED) is 0.628. The molecule has 18 heavy (non-hydrogen) atoms. The summed E-state index contributed by atoms with van der Waals surface area (Å²) in [5.41, 5.74) is -0.418. The van der Waals surface area contributed by atoms with Crippen LogP contribution in [0.3, 0.4) is 0 Å². The highest BCUT2D eigenvalue weighted by molar-refractivity contribution is 5.82. The van der Waals surface area contributed by atoms with Gasteiger partial charge in [0.2, 0.25) is 5.91 Å². The average Bonchev–Trinajstić information content (AvgIpc) is 2.32. The highest BCUT2D eigenvalue weighted by atomic mass is 16.3. The summed E-state index contributed by atoms with van der Waals surface area (Å²) in [6.45, 7) is 7.41. The maximum atomic E-state index is 12.2. The first-order valence-corrected chi connectivity index (χ1v) is 7.08. The van der Waals surface area contributed by atoms with Crippen LogP contribution >= 0.6 is 0 Å². The van der Waals surface area contributed by atoms with Crippen molar-refractivity contribution >= 4 is 5.91 Å². The number of carbonyl (C=O) groups is 1. The van der Waals surface area contributed by atoms with Gasteiger partial charge < -0.3 is 15.7 Å². The zero-order valence-corrected chi connectivity index (χ0v) is 12.0. The minimum Gasteiger partial charge on any atom is -0.395 e. The minimum atomic E-state index is -0.418. The van der Waals surface area contributed by atoms with E-state index in [0.29, 0.717) is 19.1 Å². The van der Waals surface area contributed by atoms with Crippen LogP contribution in [0.25, 0.3) is 0 Å². The van der Waals surface area contributed by atoms with Gasteiger partial charge in [-0.15, -0.1) is 0 Å². The molecule has 0 heterocycles. The number of nitrogens with one attached hydrogen (secondary N) is 2. The summed E-state index contributed by atoms with van der Waals surface area (Å²) in [6.07, 6.45) is 4.64. The van der Waals surface area contributed by atoms with Crippen LogP contribution in [0.1, 0.15) is 46.5 Å². The Morgan fingerprint density at radius 3 is 2.44 bits per heavy atom. The summed E-state index contributed by atoms with van der Waals surface area (Å²) in [5, 5.41) is 15.0. The Hall–Kier alpha value is -0.610. The molecule has 1 rings (SSSR count). The Kier molecular flexibility index (Phi) is 6.09. The highest BCUT2D eigenvalue weighted by Gasteiger charge is 2.29. The molecule has 0 aromatic heterocycles. The van der Waals surface area contributed by atoms with Gasteiger partial charge in [-0.3, -0.25) is 4.79 Å². The standard InChI is InChI=1S/C14H28N2O2/c1-11-4-6-12(7-5-11)16-13(18)14(2,3)10-15-8-9-17/h11-12,15,17H,4-10H2,1-3H3,(H,16,18). The van der Waals surface area contributed by atoms with Crippen LogP contribution < -0.4 is 10.6 Å². The smallest absolute Gasteiger partial charge is 0.227 e. The van der Waals surface area contributed by atoms with Crippen LogP contribution in [0, 0.1) is 11.3 Å². The van der Waals surface area contributed by atoms with Crippen molar-refractivity contribution in [1.82, 2.24) is 10.6 Å². The van der Waals surface area contributed by atoms with E-state index in [1.807, 2.05) is 13.8 Å². The maximum Gasteiger partial charge on any atom is 0.227 e. The fourth-order valence-corrected chi connectivity index (χ4v) is 2.35. The molecule has 1 fully saturated rings. The molecule has 0 unspecified atom stereocenters. The van der Waals surface area contributed by atoms with Crippen molar-refractivity contribution in [2.45, 2.75) is 52.5 Å². The molecule has 0 bridgehead atoms. The van der Waals surface area contributed by atoms with Gasteiger partial charge in [-0.2, -0.15) is 0 Å². The normalized spacial score (nSPS) is 24.9. The van der Waals surface area contributed by atoms with E-state index in [2.05, 4.69) is 17.6 Å². The van der Waals surface area contributed by atoms with Crippen molar-refractivity contribution in [3.8, 4) is 0 Å². The van der Waals surface area contributed by atoms with Crippen molar-refractivity contribution in [2.24, 2.45) is 11.3 Å². The summed E-state index contributed by atoms with van der Waals surface area (Å²) in [4.78, 5) is 12.2. The average molecular weight is 256 g/mol. The van der Waals surface area contributed by atoms with Gasteiger partial charge in [-0.05, 0) is 45.4 Å². The van der Waals surface area contributed by atoms with E-state index in [0.717, 1.165) is 18.8 Å². The number of aliphatic hydroxyl groups excluding tert-OH is 1. The molecule has 3 N–H and O–H groups in total. The van der Waals surface area contributed by atoms with E-state index < -0.39 is 5.41 Å². The molecule has 0 atom stereocenters. The number of amides is 1. The van der Waals surface area contributed by atoms with Crippen molar-refractivity contribution in [1.29, 1.82) is 0 Å². The maximum absolute atomic E-state index is 12.2. The summed E-state index contributed by atoms with van der Waals surface area (Å²) in [6, 6.07) is 0.353. The van der Waals surface area contributed by atoms with Gasteiger partial charge >= 0.3 is 0 Å². The third-order valence-electron chi connectivity index (χ3n) is 3.82. The molecule has 1 saturated carbocycles. The Morgan fingerprint density at radius 1 is 1.28 bits per heavy atom. The second-order valence-corrected chi connectivity index (χ2v) is 6.21. The molecule has 4 nitrogen and oxygen atoms in total. The molecular formula is C14H28N2O2. The predicted molar refractivity (Wildman–Crippen MR) is 73.3 cm³/mol. The van der Waals surface area contributed by atoms with Crippen molar-refractivity contribution in [3.63, 3.8) is 0 Å². The molecule has 0 spiro atoms. The first kappa shape index (κ1) is 15.4. The molecule has 0 aliphatic heterocycles. The Labute approximate surface area is 111 Å². The Morgan fingerprint density at radius 2 is 1.89 bits per heavy atom. The van der Waals surface area contributed by atoms with Crippen LogP contribution in [0.4, 0.5) is 0 Å². The largest absolute Gasteiger partial charge is 0.395 e. The molecule has 0 saturated heterocycles. The number of rotatable bonds is 6. The zero-order valence-electron chi connectivity index (χ0n) is 12.0. The van der Waals surface area contributed by atoms with Gasteiger partial charge in [0.1, 0.15) is 0 Å². The summed E-state index contributed by atoms with van der Waals surface area (Å²) in [5.74, 6) is 0.921. The summed E-state index contributed by atoms with van der Waals surface area (Å²) >= 11 is 0. The van der Waals surface area contributed by atoms with E-state index in [4.69, 9.17) is 5.11 Å². The molecule has 1 amide bonds. The molecule has 1 aliphatic rings. The molecule has 0 aromatic carbocycles. The van der Waals surface area contributed by atoms with Crippen molar-refractivity contribution in [3.05, 3.63) is 0 Å². The van der Waals surface area contributed by atoms with E-state index in [1.54, 1.807) is 0 Å². The van der Waals surface area contributed by atoms with E-state index in [-0.39, 0.29) is 12.5 Å². The lowest BCUT2D eigenvalue weighted by molar-refractivity contribution is -0.130. The molecule has 106 valence electrons. The second-order valence-electron chi connectivity index (χ2n) is 6.21. The van der Waals surface area contributed by atoms with Crippen LogP contribution in [-0.4, -0.2) is 36.8 Å². The van der Waals surface area contributed by atoms with Crippen molar-refractivity contribution < 1.29 is 9.90 Å². The first-order valence-electron chi connectivity index (χ1n) is 7.08. The highest BCUT2D eigenvalue weighted by Crippen LogP contribution is 2.24. The fourth-order valence-electron chi connectivity index (χ4n) is 2.35. The van der Waals surface area contributed by atoms with E-state index >= 15 is 0 Å². The number of carbonyl (C=O) groups excluding carboxylic acids is 1. The Balaban J connectivity index is 2.34. The topological polar surface area (TPSA) is 61.4 Å². The molecule has 0 radical (unpaired) electrons.